The fourth-order valence-electron chi connectivity index (χ4n) is 8.62. The molecule has 4 N–H and O–H groups in total. The summed E-state index contributed by atoms with van der Waals surface area (Å²) in [6.45, 7) is 6.62. The summed E-state index contributed by atoms with van der Waals surface area (Å²) >= 11 is 0. The van der Waals surface area contributed by atoms with E-state index in [1.165, 1.54) is 0 Å². The number of benzene rings is 1. The number of anilines is 1. The highest BCUT2D eigenvalue weighted by Gasteiger charge is 2.47. The zero-order valence-electron chi connectivity index (χ0n) is 32.9. The number of alkyl halides is 1. The van der Waals surface area contributed by atoms with Crippen LogP contribution in [0.3, 0.4) is 0 Å². The van der Waals surface area contributed by atoms with Crippen LogP contribution in [0.15, 0.2) is 28.7 Å². The average molecular weight is 773 g/mol. The number of alkyl carbamates (subject to hydrolysis) is 1. The minimum atomic E-state index is -0.717. The van der Waals surface area contributed by atoms with Crippen molar-refractivity contribution in [3.05, 3.63) is 30.0 Å². The highest BCUT2D eigenvalue weighted by molar-refractivity contribution is 6.00. The first-order valence-electron chi connectivity index (χ1n) is 20.1. The number of likely N-dealkylation sites (tertiary alicyclic amines) is 1. The smallest absolute Gasteiger partial charge is 0.407 e. The van der Waals surface area contributed by atoms with Gasteiger partial charge in [-0.05, 0) is 140 Å². The number of nitrogens with zero attached hydrogens (tertiary/aromatic N) is 1. The van der Waals surface area contributed by atoms with Crippen LogP contribution in [0.2, 0.25) is 0 Å². The Hall–Kier alpha value is -3.75. The number of halogens is 1. The number of amides is 3. The van der Waals surface area contributed by atoms with Gasteiger partial charge in [0.15, 0.2) is 0 Å². The van der Waals surface area contributed by atoms with Gasteiger partial charge in [-0.3, -0.25) is 9.59 Å². The molecule has 2 aliphatic carbocycles. The van der Waals surface area contributed by atoms with Gasteiger partial charge in [0.05, 0.1) is 25.4 Å². The minimum Gasteiger partial charge on any atom is -0.460 e. The molecule has 2 heterocycles. The second kappa shape index (κ2) is 19.9. The second-order valence-corrected chi connectivity index (χ2v) is 16.4. The van der Waals surface area contributed by atoms with E-state index in [9.17, 15) is 23.6 Å². The molecule has 1 aromatic heterocycles. The number of fused-ring (bicyclic) bond motifs is 1. The van der Waals surface area contributed by atoms with E-state index in [1.54, 1.807) is 57.0 Å². The molecule has 2 aromatic rings. The predicted molar refractivity (Wildman–Crippen MR) is 205 cm³/mol. The molecule has 14 heteroatoms. The van der Waals surface area contributed by atoms with Gasteiger partial charge in [0.2, 0.25) is 17.6 Å². The maximum Gasteiger partial charge on any atom is 0.407 e. The lowest BCUT2D eigenvalue weighted by Gasteiger charge is -2.38. The van der Waals surface area contributed by atoms with Gasteiger partial charge in [0.25, 0.3) is 0 Å². The van der Waals surface area contributed by atoms with Crippen LogP contribution in [0.5, 0.6) is 0 Å². The number of hydrogen-bond acceptors (Lipinski definition) is 10. The molecule has 2 saturated carbocycles. The number of methoxy groups -OCH3 is 1. The maximum atomic E-state index is 14.3. The van der Waals surface area contributed by atoms with Crippen LogP contribution >= 0.6 is 0 Å². The van der Waals surface area contributed by atoms with Gasteiger partial charge in [-0.15, -0.1) is 0 Å². The van der Waals surface area contributed by atoms with Crippen LogP contribution in [-0.4, -0.2) is 104 Å². The van der Waals surface area contributed by atoms with E-state index in [4.69, 9.17) is 23.7 Å². The van der Waals surface area contributed by atoms with Crippen molar-refractivity contribution in [1.82, 2.24) is 15.5 Å². The number of carbonyl (C=O) groups is 4. The Balaban J connectivity index is 1.23. The van der Waals surface area contributed by atoms with Crippen molar-refractivity contribution in [1.29, 1.82) is 0 Å². The zero-order valence-corrected chi connectivity index (χ0v) is 32.9. The average Bonchev–Trinajstić information content (AvgIpc) is 3.81. The molecule has 1 saturated heterocycles. The van der Waals surface area contributed by atoms with Gasteiger partial charge in [-0.1, -0.05) is 0 Å². The number of aliphatic hydroxyl groups excluding tert-OH is 1. The summed E-state index contributed by atoms with van der Waals surface area (Å²) in [6.07, 6.45) is 7.71. The largest absolute Gasteiger partial charge is 0.460 e. The van der Waals surface area contributed by atoms with E-state index in [2.05, 4.69) is 16.0 Å². The van der Waals surface area contributed by atoms with E-state index in [-0.39, 0.29) is 60.6 Å². The molecule has 0 spiro atoms. The number of ether oxygens (including phenoxy) is 3. The van der Waals surface area contributed by atoms with E-state index in [0.717, 1.165) is 45.1 Å². The Labute approximate surface area is 323 Å². The van der Waals surface area contributed by atoms with Crippen LogP contribution in [0, 0.1) is 23.7 Å². The lowest BCUT2D eigenvalue weighted by Crippen LogP contribution is -2.50. The van der Waals surface area contributed by atoms with Crippen LogP contribution < -0.4 is 16.0 Å². The Morgan fingerprint density at radius 3 is 2.40 bits per heavy atom. The van der Waals surface area contributed by atoms with Crippen LogP contribution in [0.4, 0.5) is 14.9 Å². The molecule has 3 aliphatic rings. The number of unbranched alkanes of at least 4 members (excludes halogenated alkanes) is 1. The predicted octanol–water partition coefficient (Wildman–Crippen LogP) is 5.98. The van der Waals surface area contributed by atoms with Gasteiger partial charge >= 0.3 is 12.1 Å². The third-order valence-corrected chi connectivity index (χ3v) is 11.5. The fraction of sp³-hybridized carbons (Fsp3) is 0.707. The minimum absolute atomic E-state index is 0.00321. The molecule has 1 aromatic carbocycles. The molecule has 55 heavy (non-hydrogen) atoms. The van der Waals surface area contributed by atoms with Gasteiger partial charge in [0, 0.05) is 37.2 Å². The molecular formula is C41H61FN4O9. The number of nitrogens with one attached hydrogen (secondary N) is 3. The van der Waals surface area contributed by atoms with Gasteiger partial charge < -0.3 is 44.6 Å². The van der Waals surface area contributed by atoms with Crippen LogP contribution in [0.1, 0.15) is 102 Å². The van der Waals surface area contributed by atoms with E-state index in [0.29, 0.717) is 61.9 Å². The quantitative estimate of drug-likeness (QED) is 0.118. The molecule has 0 bridgehead atoms. The van der Waals surface area contributed by atoms with Gasteiger partial charge in [0.1, 0.15) is 23.9 Å². The van der Waals surface area contributed by atoms with Crippen molar-refractivity contribution in [3.63, 3.8) is 0 Å². The summed E-state index contributed by atoms with van der Waals surface area (Å²) in [4.78, 5) is 55.4. The summed E-state index contributed by atoms with van der Waals surface area (Å²) < 4.78 is 36.2. The Kier molecular flexibility index (Phi) is 15.3. The maximum absolute atomic E-state index is 14.3. The van der Waals surface area contributed by atoms with Crippen molar-refractivity contribution in [2.24, 2.45) is 23.7 Å². The highest BCUT2D eigenvalue weighted by atomic mass is 19.1. The van der Waals surface area contributed by atoms with Crippen LogP contribution in [0.25, 0.3) is 11.0 Å². The summed E-state index contributed by atoms with van der Waals surface area (Å²) in [5, 5.41) is 18.3. The summed E-state index contributed by atoms with van der Waals surface area (Å²) in [5.41, 5.74) is 0.320. The first kappa shape index (κ1) is 42.4. The molecule has 306 valence electrons. The van der Waals surface area contributed by atoms with Gasteiger partial charge in [-0.2, -0.15) is 0 Å². The fourth-order valence-corrected chi connectivity index (χ4v) is 8.62. The molecule has 5 rings (SSSR count). The summed E-state index contributed by atoms with van der Waals surface area (Å²) in [7, 11) is 1.74. The number of furan rings is 1. The number of esters is 1. The van der Waals surface area contributed by atoms with Crippen molar-refractivity contribution in [2.45, 2.75) is 115 Å². The van der Waals surface area contributed by atoms with Gasteiger partial charge in [-0.25, -0.2) is 14.0 Å². The Bertz CT molecular complexity index is 1580. The summed E-state index contributed by atoms with van der Waals surface area (Å²) in [5.74, 6) is -0.910. The Morgan fingerprint density at radius 1 is 0.982 bits per heavy atom. The highest BCUT2D eigenvalue weighted by Crippen LogP contribution is 2.42. The lowest BCUT2D eigenvalue weighted by molar-refractivity contribution is -0.142. The Morgan fingerprint density at radius 2 is 1.73 bits per heavy atom. The standard InChI is InChI=1S/C41H61FN4O9/c1-41(2,3)55-40(51)45-33(25-42)27-7-9-28(10-8-27)38(49)46-20-17-32(26-11-14-31(52-4)15-12-26)36(46)37(48)44-30-13-16-34-29(23-30)24-35(54-34)39(50)53-22-6-5-18-43-19-21-47/h13,16,23-24,26-28,31-33,36,43,47H,5-12,14-15,17-22,25H2,1-4H3,(H,44,48)(H,45,51)/t26?,27?,28?,31?,32-,33+,36-/m0/s1. The molecule has 1 aliphatic heterocycles. The molecule has 3 amide bonds. The molecule has 3 fully saturated rings. The number of carbonyl (C=O) groups excluding carboxylic acids is 4. The molecule has 3 atom stereocenters. The first-order chi connectivity index (χ1) is 26.4. The normalized spacial score (nSPS) is 25.0. The number of rotatable bonds is 16. The van der Waals surface area contributed by atoms with Crippen molar-refractivity contribution < 1.29 is 47.3 Å². The third kappa shape index (κ3) is 11.6. The number of hydrogen-bond donors (Lipinski definition) is 4. The van der Waals surface area contributed by atoms with Crippen molar-refractivity contribution >= 4 is 40.5 Å². The van der Waals surface area contributed by atoms with Crippen LogP contribution in [-0.2, 0) is 23.8 Å². The SMILES string of the molecule is COC1CCC([C@@H]2CCN(C(=O)C3CCC([C@@H](CF)NC(=O)OC(C)(C)C)CC3)[C@@H]2C(=O)Nc2ccc3oc(C(=O)OCCCCNCCO)cc3c2)CC1. The third-order valence-electron chi connectivity index (χ3n) is 11.5. The van der Waals surface area contributed by atoms with Crippen molar-refractivity contribution in [3.8, 4) is 0 Å². The summed E-state index contributed by atoms with van der Waals surface area (Å²) in [6, 6.07) is 5.46. The molecule has 13 nitrogen and oxygen atoms in total. The molecule has 0 radical (unpaired) electrons. The van der Waals surface area contributed by atoms with E-state index >= 15 is 0 Å². The topological polar surface area (TPSA) is 169 Å². The van der Waals surface area contributed by atoms with Crippen molar-refractivity contribution in [2.75, 3.05) is 51.9 Å². The van der Waals surface area contributed by atoms with E-state index in [1.807, 2.05) is 0 Å². The monoisotopic (exact) mass is 772 g/mol. The first-order valence-corrected chi connectivity index (χ1v) is 20.1. The zero-order chi connectivity index (χ0) is 39.5. The van der Waals surface area contributed by atoms with E-state index < -0.39 is 36.4 Å². The molecule has 0 unspecified atom stereocenters. The number of aliphatic hydroxyl groups is 1. The second-order valence-electron chi connectivity index (χ2n) is 16.4. The lowest BCUT2D eigenvalue weighted by atomic mass is 9.75. The molecular weight excluding hydrogens is 711 g/mol.